The van der Waals surface area contributed by atoms with Gasteiger partial charge in [-0.1, -0.05) is 42.2 Å². The molecule has 2 heterocycles. The lowest BCUT2D eigenvalue weighted by atomic mass is 10.0. The zero-order chi connectivity index (χ0) is 21.1. The smallest absolute Gasteiger partial charge is 0.371 e. The van der Waals surface area contributed by atoms with E-state index in [1.54, 1.807) is 17.9 Å². The minimum atomic E-state index is -1.14. The highest BCUT2D eigenvalue weighted by Crippen LogP contribution is 2.31. The molecule has 1 aliphatic heterocycles. The summed E-state index contributed by atoms with van der Waals surface area (Å²) >= 11 is 0. The molecule has 1 aliphatic rings. The van der Waals surface area contributed by atoms with Crippen LogP contribution in [0.1, 0.15) is 46.0 Å². The van der Waals surface area contributed by atoms with Crippen molar-refractivity contribution in [3.05, 3.63) is 88.9 Å². The zero-order valence-electron chi connectivity index (χ0n) is 16.4. The molecule has 1 atom stereocenters. The Morgan fingerprint density at radius 1 is 1.20 bits per heavy atom. The fourth-order valence-corrected chi connectivity index (χ4v) is 3.37. The molecule has 0 saturated heterocycles. The van der Waals surface area contributed by atoms with E-state index in [1.165, 1.54) is 6.07 Å². The van der Waals surface area contributed by atoms with Gasteiger partial charge in [0.25, 0.3) is 0 Å². The fourth-order valence-electron chi connectivity index (χ4n) is 3.37. The molecular weight excluding hydrogens is 380 g/mol. The number of aromatic carboxylic acids is 1. The highest BCUT2D eigenvalue weighted by molar-refractivity contribution is 5.92. The third kappa shape index (κ3) is 4.06. The molecule has 0 fully saturated rings. The van der Waals surface area contributed by atoms with Crippen LogP contribution in [0.3, 0.4) is 0 Å². The standard InChI is InChI=1S/C24H20N2O4/c1-16(21-12-13-22(30-21)23(27)28)26-15-19-14-18(10-11-20(19)25-24(26)29)9-5-8-17-6-3-2-4-7-17/h2-4,6-7,10-14,16H,8,15H2,1H3,(H,25,29)(H,27,28). The van der Waals surface area contributed by atoms with Gasteiger partial charge in [0.05, 0.1) is 12.6 Å². The summed E-state index contributed by atoms with van der Waals surface area (Å²) in [6.07, 6.45) is 0.669. The van der Waals surface area contributed by atoms with E-state index in [9.17, 15) is 9.59 Å². The second-order valence-corrected chi connectivity index (χ2v) is 7.08. The van der Waals surface area contributed by atoms with Crippen LogP contribution in [0.4, 0.5) is 10.5 Å². The maximum atomic E-state index is 12.6. The van der Waals surface area contributed by atoms with Crippen LogP contribution in [0.5, 0.6) is 0 Å². The zero-order valence-corrected chi connectivity index (χ0v) is 16.4. The van der Waals surface area contributed by atoms with Crippen LogP contribution < -0.4 is 5.32 Å². The Morgan fingerprint density at radius 2 is 2.00 bits per heavy atom. The SMILES string of the molecule is CC(c1ccc(C(=O)O)o1)N1Cc2cc(C#CCc3ccccc3)ccc2NC1=O. The van der Waals surface area contributed by atoms with Crippen molar-refractivity contribution >= 4 is 17.7 Å². The number of fused-ring (bicyclic) bond motifs is 1. The van der Waals surface area contributed by atoms with E-state index in [0.717, 1.165) is 22.4 Å². The van der Waals surface area contributed by atoms with Crippen molar-refractivity contribution < 1.29 is 19.1 Å². The molecule has 6 heteroatoms. The summed E-state index contributed by atoms with van der Waals surface area (Å²) < 4.78 is 5.37. The minimum Gasteiger partial charge on any atom is -0.475 e. The van der Waals surface area contributed by atoms with Crippen LogP contribution >= 0.6 is 0 Å². The van der Waals surface area contributed by atoms with E-state index >= 15 is 0 Å². The quantitative estimate of drug-likeness (QED) is 0.623. The van der Waals surface area contributed by atoms with E-state index < -0.39 is 12.0 Å². The van der Waals surface area contributed by atoms with Gasteiger partial charge in [0.15, 0.2) is 0 Å². The Morgan fingerprint density at radius 3 is 2.73 bits per heavy atom. The summed E-state index contributed by atoms with van der Waals surface area (Å²) in [5.74, 6) is 5.50. The number of hydrogen-bond acceptors (Lipinski definition) is 3. The van der Waals surface area contributed by atoms with Gasteiger partial charge in [0.2, 0.25) is 5.76 Å². The number of carbonyl (C=O) groups is 2. The van der Waals surface area contributed by atoms with Crippen LogP contribution in [0.2, 0.25) is 0 Å². The van der Waals surface area contributed by atoms with E-state index in [0.29, 0.717) is 18.7 Å². The van der Waals surface area contributed by atoms with E-state index in [1.807, 2.05) is 48.5 Å². The first kappa shape index (κ1) is 19.3. The van der Waals surface area contributed by atoms with Gasteiger partial charge in [0, 0.05) is 17.7 Å². The van der Waals surface area contributed by atoms with Crippen LogP contribution in [0.25, 0.3) is 0 Å². The number of amides is 2. The lowest BCUT2D eigenvalue weighted by Gasteiger charge is -2.33. The number of nitrogens with one attached hydrogen (secondary N) is 1. The van der Waals surface area contributed by atoms with E-state index in [2.05, 4.69) is 17.2 Å². The number of carboxylic acid groups (broad SMARTS) is 1. The molecule has 2 N–H and O–H groups in total. The molecule has 0 saturated carbocycles. The average Bonchev–Trinajstić information content (AvgIpc) is 3.24. The predicted octanol–water partition coefficient (Wildman–Crippen LogP) is 4.68. The van der Waals surface area contributed by atoms with Crippen molar-refractivity contribution in [1.82, 2.24) is 4.90 Å². The Balaban J connectivity index is 1.52. The number of hydrogen-bond donors (Lipinski definition) is 2. The highest BCUT2D eigenvalue weighted by Gasteiger charge is 2.29. The predicted molar refractivity (Wildman–Crippen MR) is 112 cm³/mol. The first-order valence-electron chi connectivity index (χ1n) is 9.57. The summed E-state index contributed by atoms with van der Waals surface area (Å²) in [6.45, 7) is 2.18. The molecule has 3 aromatic rings. The summed E-state index contributed by atoms with van der Waals surface area (Å²) in [6, 6.07) is 18.1. The summed E-state index contributed by atoms with van der Waals surface area (Å²) in [5, 5.41) is 11.9. The third-order valence-electron chi connectivity index (χ3n) is 5.03. The maximum Gasteiger partial charge on any atom is 0.371 e. The number of nitrogens with zero attached hydrogens (tertiary/aromatic N) is 1. The van der Waals surface area contributed by atoms with Gasteiger partial charge < -0.3 is 19.7 Å². The second-order valence-electron chi connectivity index (χ2n) is 7.08. The largest absolute Gasteiger partial charge is 0.475 e. The van der Waals surface area contributed by atoms with Crippen molar-refractivity contribution in [1.29, 1.82) is 0 Å². The van der Waals surface area contributed by atoms with Crippen LogP contribution in [0.15, 0.2) is 65.1 Å². The summed E-state index contributed by atoms with van der Waals surface area (Å²) in [7, 11) is 0. The monoisotopic (exact) mass is 400 g/mol. The summed E-state index contributed by atoms with van der Waals surface area (Å²) in [4.78, 5) is 25.2. The number of carboxylic acids is 1. The number of benzene rings is 2. The fraction of sp³-hybridized carbons (Fsp3) is 0.167. The normalized spacial score (nSPS) is 13.6. The average molecular weight is 400 g/mol. The second kappa shape index (κ2) is 8.18. The number of carbonyl (C=O) groups excluding carboxylic acids is 1. The van der Waals surface area contributed by atoms with Crippen molar-refractivity contribution in [2.24, 2.45) is 0 Å². The van der Waals surface area contributed by atoms with Crippen molar-refractivity contribution in [2.75, 3.05) is 5.32 Å². The van der Waals surface area contributed by atoms with Crippen molar-refractivity contribution in [3.8, 4) is 11.8 Å². The molecule has 0 aliphatic carbocycles. The Kier molecular flexibility index (Phi) is 5.27. The molecule has 1 aromatic heterocycles. The molecule has 6 nitrogen and oxygen atoms in total. The van der Waals surface area contributed by atoms with Gasteiger partial charge >= 0.3 is 12.0 Å². The Labute approximate surface area is 174 Å². The molecule has 0 spiro atoms. The molecule has 1 unspecified atom stereocenters. The van der Waals surface area contributed by atoms with Crippen LogP contribution in [-0.2, 0) is 13.0 Å². The molecule has 0 radical (unpaired) electrons. The van der Waals surface area contributed by atoms with E-state index in [4.69, 9.17) is 9.52 Å². The van der Waals surface area contributed by atoms with Gasteiger partial charge in [-0.3, -0.25) is 0 Å². The molecule has 30 heavy (non-hydrogen) atoms. The minimum absolute atomic E-state index is 0.148. The van der Waals surface area contributed by atoms with Crippen LogP contribution in [0, 0.1) is 11.8 Å². The van der Waals surface area contributed by atoms with Crippen molar-refractivity contribution in [2.45, 2.75) is 25.9 Å². The number of urea groups is 1. The molecule has 4 rings (SSSR count). The molecular formula is C24H20N2O4. The topological polar surface area (TPSA) is 82.8 Å². The Bertz CT molecular complexity index is 1150. The van der Waals surface area contributed by atoms with Gasteiger partial charge in [0.1, 0.15) is 5.76 Å². The first-order valence-corrected chi connectivity index (χ1v) is 9.57. The van der Waals surface area contributed by atoms with Gasteiger partial charge in [-0.2, -0.15) is 0 Å². The number of furan rings is 1. The lowest BCUT2D eigenvalue weighted by molar-refractivity contribution is 0.0657. The summed E-state index contributed by atoms with van der Waals surface area (Å²) in [5.41, 5.74) is 3.73. The number of rotatable bonds is 4. The highest BCUT2D eigenvalue weighted by atomic mass is 16.4. The van der Waals surface area contributed by atoms with Gasteiger partial charge in [-0.05, 0) is 48.4 Å². The van der Waals surface area contributed by atoms with Crippen molar-refractivity contribution in [3.63, 3.8) is 0 Å². The van der Waals surface area contributed by atoms with E-state index in [-0.39, 0.29) is 11.8 Å². The number of anilines is 1. The van der Waals surface area contributed by atoms with Gasteiger partial charge in [-0.25, -0.2) is 9.59 Å². The first-order chi connectivity index (χ1) is 14.5. The Hall–Kier alpha value is -3.98. The van der Waals surface area contributed by atoms with Gasteiger partial charge in [-0.15, -0.1) is 0 Å². The molecule has 0 bridgehead atoms. The maximum absolute atomic E-state index is 12.6. The lowest BCUT2D eigenvalue weighted by Crippen LogP contribution is -2.40. The molecule has 2 amide bonds. The molecule has 150 valence electrons. The van der Waals surface area contributed by atoms with Crippen LogP contribution in [-0.4, -0.2) is 22.0 Å². The molecule has 2 aromatic carbocycles. The third-order valence-corrected chi connectivity index (χ3v) is 5.03.